The Bertz CT molecular complexity index is 796. The third-order valence-electron chi connectivity index (χ3n) is 5.24. The lowest BCUT2D eigenvalue weighted by Crippen LogP contribution is -2.32. The molecule has 0 amide bonds. The van der Waals surface area contributed by atoms with Crippen molar-refractivity contribution in [3.8, 4) is 6.07 Å². The molecule has 0 bridgehead atoms. The van der Waals surface area contributed by atoms with Gasteiger partial charge in [-0.2, -0.15) is 5.26 Å². The highest BCUT2D eigenvalue weighted by molar-refractivity contribution is 6.30. The topological polar surface area (TPSA) is 66.0 Å². The van der Waals surface area contributed by atoms with Crippen molar-refractivity contribution < 1.29 is 4.42 Å². The molecule has 5 nitrogen and oxygen atoms in total. The number of nitriles is 1. The quantitative estimate of drug-likeness (QED) is 0.844. The smallest absolute Gasteiger partial charge is 0.224 e. The Balaban J connectivity index is 1.73. The lowest BCUT2D eigenvalue weighted by molar-refractivity contribution is 0.299. The van der Waals surface area contributed by atoms with E-state index in [4.69, 9.17) is 16.0 Å². The van der Waals surface area contributed by atoms with Crippen molar-refractivity contribution in [3.05, 3.63) is 40.6 Å². The molecule has 23 heavy (non-hydrogen) atoms. The van der Waals surface area contributed by atoms with E-state index in [0.29, 0.717) is 22.4 Å². The largest absolute Gasteiger partial charge is 0.425 e. The Hall–Kier alpha value is -2.06. The Morgan fingerprint density at radius 1 is 1.43 bits per heavy atom. The fraction of sp³-hybridized carbons (Fsp3) is 0.471. The van der Waals surface area contributed by atoms with Gasteiger partial charge in [-0.05, 0) is 37.0 Å². The summed E-state index contributed by atoms with van der Waals surface area (Å²) in [6.45, 7) is 3.53. The number of hydrogen-bond donors (Lipinski definition) is 0. The summed E-state index contributed by atoms with van der Waals surface area (Å²) >= 11 is 6.15. The molecule has 1 aliphatic heterocycles. The molecule has 1 saturated heterocycles. The van der Waals surface area contributed by atoms with Crippen molar-refractivity contribution in [2.24, 2.45) is 5.92 Å². The third kappa shape index (κ3) is 2.21. The van der Waals surface area contributed by atoms with E-state index in [1.807, 2.05) is 13.0 Å². The van der Waals surface area contributed by atoms with Crippen molar-refractivity contribution in [1.29, 1.82) is 5.26 Å². The van der Waals surface area contributed by atoms with E-state index >= 15 is 0 Å². The number of nitrogens with zero attached hydrogens (tertiary/aromatic N) is 4. The summed E-state index contributed by atoms with van der Waals surface area (Å²) in [4.78, 5) is 2.26. The zero-order chi connectivity index (χ0) is 16.0. The predicted octanol–water partition coefficient (Wildman–Crippen LogP) is 3.46. The van der Waals surface area contributed by atoms with Gasteiger partial charge in [0.2, 0.25) is 11.8 Å². The van der Waals surface area contributed by atoms with E-state index in [1.54, 1.807) is 12.1 Å². The van der Waals surface area contributed by atoms with E-state index in [9.17, 15) is 5.26 Å². The van der Waals surface area contributed by atoms with Crippen LogP contribution >= 0.6 is 11.6 Å². The zero-order valence-corrected chi connectivity index (χ0v) is 13.7. The van der Waals surface area contributed by atoms with Crippen LogP contribution in [0.15, 0.2) is 22.6 Å². The van der Waals surface area contributed by atoms with Gasteiger partial charge in [-0.25, -0.2) is 0 Å². The van der Waals surface area contributed by atoms with Gasteiger partial charge in [0.1, 0.15) is 6.07 Å². The number of fused-ring (bicyclic) bond motifs is 1. The van der Waals surface area contributed by atoms with Crippen LogP contribution in [-0.4, -0.2) is 23.3 Å². The van der Waals surface area contributed by atoms with Gasteiger partial charge in [0.05, 0.1) is 16.7 Å². The highest BCUT2D eigenvalue weighted by Crippen LogP contribution is 2.51. The van der Waals surface area contributed by atoms with E-state index in [-0.39, 0.29) is 5.41 Å². The molecule has 6 heteroatoms. The van der Waals surface area contributed by atoms with Gasteiger partial charge in [0, 0.05) is 25.0 Å². The second kappa shape index (κ2) is 5.24. The lowest BCUT2D eigenvalue weighted by Gasteiger charge is -2.25. The first-order valence-electron chi connectivity index (χ1n) is 7.87. The van der Waals surface area contributed by atoms with Gasteiger partial charge in [-0.3, -0.25) is 0 Å². The molecule has 1 saturated carbocycles. The van der Waals surface area contributed by atoms with Crippen molar-refractivity contribution in [2.75, 3.05) is 18.0 Å². The Kier molecular flexibility index (Phi) is 3.31. The van der Waals surface area contributed by atoms with Gasteiger partial charge >= 0.3 is 0 Å². The zero-order valence-electron chi connectivity index (χ0n) is 12.9. The summed E-state index contributed by atoms with van der Waals surface area (Å²) in [6, 6.07) is 7.70. The molecule has 0 unspecified atom stereocenters. The SMILES string of the molecule is Cc1nnc([C@]23CCC[C@H]2CN(c2cc(Cl)ccc2C#N)C3)o1. The predicted molar refractivity (Wildman–Crippen MR) is 86.4 cm³/mol. The molecule has 118 valence electrons. The number of anilines is 1. The fourth-order valence-electron chi connectivity index (χ4n) is 4.18. The molecular weight excluding hydrogens is 312 g/mol. The minimum atomic E-state index is -0.0870. The van der Waals surface area contributed by atoms with Crippen molar-refractivity contribution in [1.82, 2.24) is 10.2 Å². The number of hydrogen-bond acceptors (Lipinski definition) is 5. The second-order valence-electron chi connectivity index (χ2n) is 6.53. The monoisotopic (exact) mass is 328 g/mol. The van der Waals surface area contributed by atoms with Gasteiger partial charge < -0.3 is 9.32 Å². The molecule has 1 aliphatic carbocycles. The lowest BCUT2D eigenvalue weighted by atomic mass is 9.80. The first kappa shape index (κ1) is 14.5. The highest BCUT2D eigenvalue weighted by Gasteiger charge is 2.54. The van der Waals surface area contributed by atoms with E-state index in [2.05, 4.69) is 21.2 Å². The molecule has 1 aromatic heterocycles. The van der Waals surface area contributed by atoms with Crippen LogP contribution in [0, 0.1) is 24.2 Å². The van der Waals surface area contributed by atoms with Crippen molar-refractivity contribution in [2.45, 2.75) is 31.6 Å². The molecule has 0 N–H and O–H groups in total. The van der Waals surface area contributed by atoms with Gasteiger partial charge in [0.15, 0.2) is 0 Å². The highest BCUT2D eigenvalue weighted by atomic mass is 35.5. The van der Waals surface area contributed by atoms with Crippen LogP contribution in [0.5, 0.6) is 0 Å². The summed E-state index contributed by atoms with van der Waals surface area (Å²) in [6.07, 6.45) is 3.39. The molecule has 0 radical (unpaired) electrons. The molecule has 2 fully saturated rings. The molecule has 2 aliphatic rings. The van der Waals surface area contributed by atoms with Gasteiger partial charge in [0.25, 0.3) is 0 Å². The third-order valence-corrected chi connectivity index (χ3v) is 5.48. The number of halogens is 1. The summed E-state index contributed by atoms with van der Waals surface area (Å²) in [7, 11) is 0. The summed E-state index contributed by atoms with van der Waals surface area (Å²) in [5.74, 6) is 1.84. The Morgan fingerprint density at radius 2 is 2.30 bits per heavy atom. The molecule has 0 spiro atoms. The number of aromatic nitrogens is 2. The van der Waals surface area contributed by atoms with Crippen molar-refractivity contribution in [3.63, 3.8) is 0 Å². The standard InChI is InChI=1S/C17H17ClN4O/c1-11-20-21-16(23-11)17-6-2-3-13(17)9-22(10-17)15-7-14(18)5-4-12(15)8-19/h4-5,7,13H,2-3,6,9-10H2,1H3/t13-,17-/m0/s1. The average molecular weight is 329 g/mol. The molecule has 4 rings (SSSR count). The molecule has 2 heterocycles. The maximum absolute atomic E-state index is 9.40. The van der Waals surface area contributed by atoms with E-state index in [1.165, 1.54) is 6.42 Å². The van der Waals surface area contributed by atoms with Crippen LogP contribution in [0.3, 0.4) is 0 Å². The molecule has 2 atom stereocenters. The Morgan fingerprint density at radius 3 is 3.04 bits per heavy atom. The average Bonchev–Trinajstić information content (AvgIpc) is 3.20. The molecule has 1 aromatic carbocycles. The molecule has 2 aromatic rings. The Labute approximate surface area is 139 Å². The van der Waals surface area contributed by atoms with Gasteiger partial charge in [-0.1, -0.05) is 18.0 Å². The molecular formula is C17H17ClN4O. The summed E-state index contributed by atoms with van der Waals surface area (Å²) in [5.41, 5.74) is 1.48. The van der Waals surface area contributed by atoms with Crippen LogP contribution < -0.4 is 4.90 Å². The summed E-state index contributed by atoms with van der Waals surface area (Å²) in [5, 5.41) is 18.4. The van der Waals surface area contributed by atoms with E-state index < -0.39 is 0 Å². The van der Waals surface area contributed by atoms with Gasteiger partial charge in [-0.15, -0.1) is 10.2 Å². The minimum Gasteiger partial charge on any atom is -0.425 e. The van der Waals surface area contributed by atoms with Crippen molar-refractivity contribution >= 4 is 17.3 Å². The van der Waals surface area contributed by atoms with Crippen LogP contribution in [0.25, 0.3) is 0 Å². The normalized spacial score (nSPS) is 26.3. The van der Waals surface area contributed by atoms with Crippen LogP contribution in [0.2, 0.25) is 5.02 Å². The fourth-order valence-corrected chi connectivity index (χ4v) is 4.35. The summed E-state index contributed by atoms with van der Waals surface area (Å²) < 4.78 is 5.80. The van der Waals surface area contributed by atoms with Crippen LogP contribution in [0.1, 0.15) is 36.6 Å². The van der Waals surface area contributed by atoms with Crippen LogP contribution in [0.4, 0.5) is 5.69 Å². The number of rotatable bonds is 2. The second-order valence-corrected chi connectivity index (χ2v) is 6.96. The first-order valence-corrected chi connectivity index (χ1v) is 8.25. The minimum absolute atomic E-state index is 0.0870. The number of aryl methyl sites for hydroxylation is 1. The first-order chi connectivity index (χ1) is 11.1. The maximum atomic E-state index is 9.40. The maximum Gasteiger partial charge on any atom is 0.224 e. The van der Waals surface area contributed by atoms with Crippen LogP contribution in [-0.2, 0) is 5.41 Å². The van der Waals surface area contributed by atoms with E-state index in [0.717, 1.165) is 37.5 Å². The number of benzene rings is 1.